The fraction of sp³-hybridized carbons (Fsp3) is 0.278. The van der Waals surface area contributed by atoms with E-state index in [4.69, 9.17) is 5.73 Å². The Morgan fingerprint density at radius 1 is 1.17 bits per heavy atom. The molecule has 6 heteroatoms. The van der Waals surface area contributed by atoms with Gasteiger partial charge in [0.2, 0.25) is 5.91 Å². The van der Waals surface area contributed by atoms with E-state index in [1.807, 2.05) is 4.90 Å². The maximum absolute atomic E-state index is 13.5. The van der Waals surface area contributed by atoms with Crippen LogP contribution in [-0.4, -0.2) is 28.6 Å². The van der Waals surface area contributed by atoms with Crippen LogP contribution in [0, 0.1) is 11.6 Å². The summed E-state index contributed by atoms with van der Waals surface area (Å²) in [5, 5.41) is 9.98. The molecule has 1 saturated heterocycles. The number of carbonyl (C=O) groups excluding carboxylic acids is 1. The summed E-state index contributed by atoms with van der Waals surface area (Å²) in [5.41, 5.74) is 7.23. The van der Waals surface area contributed by atoms with Crippen molar-refractivity contribution < 1.29 is 18.7 Å². The molecule has 2 atom stereocenters. The molecule has 0 aromatic heterocycles. The molecular formula is C18H18F2N2O2. The lowest BCUT2D eigenvalue weighted by atomic mass is 10.0. The number of amides is 1. The maximum atomic E-state index is 13.5. The zero-order valence-corrected chi connectivity index (χ0v) is 13.0. The van der Waals surface area contributed by atoms with Crippen LogP contribution in [0.15, 0.2) is 42.5 Å². The van der Waals surface area contributed by atoms with Crippen LogP contribution in [0.4, 0.5) is 8.78 Å². The predicted molar refractivity (Wildman–Crippen MR) is 85.1 cm³/mol. The minimum atomic E-state index is -0.889. The van der Waals surface area contributed by atoms with Crippen LogP contribution in [0.3, 0.4) is 0 Å². The maximum Gasteiger partial charge on any atom is 0.248 e. The summed E-state index contributed by atoms with van der Waals surface area (Å²) in [7, 11) is 0. The Morgan fingerprint density at radius 3 is 2.50 bits per heavy atom. The Balaban J connectivity index is 1.80. The molecule has 3 N–H and O–H groups in total. The van der Waals surface area contributed by atoms with Crippen molar-refractivity contribution in [1.82, 2.24) is 4.90 Å². The fourth-order valence-electron chi connectivity index (χ4n) is 3.13. The number of hydrogen-bond acceptors (Lipinski definition) is 3. The largest absolute Gasteiger partial charge is 0.392 e. The summed E-state index contributed by atoms with van der Waals surface area (Å²) < 4.78 is 26.6. The fourth-order valence-corrected chi connectivity index (χ4v) is 3.13. The van der Waals surface area contributed by atoms with Crippen molar-refractivity contribution in [3.63, 3.8) is 0 Å². The SMILES string of the molecule is NC(=O)c1ccc(CN2C[C@H](O)C[C@@H]2c2ccc(F)c(F)c2)cc1. The third-order valence-electron chi connectivity index (χ3n) is 4.33. The first kappa shape index (κ1) is 16.5. The molecule has 4 nitrogen and oxygen atoms in total. The van der Waals surface area contributed by atoms with Gasteiger partial charge in [0.05, 0.1) is 6.10 Å². The van der Waals surface area contributed by atoms with Crippen LogP contribution in [0.2, 0.25) is 0 Å². The quantitative estimate of drug-likeness (QED) is 0.903. The van der Waals surface area contributed by atoms with Gasteiger partial charge in [0.15, 0.2) is 11.6 Å². The molecule has 126 valence electrons. The Kier molecular flexibility index (Phi) is 4.59. The minimum Gasteiger partial charge on any atom is -0.392 e. The molecule has 0 radical (unpaired) electrons. The molecule has 1 fully saturated rings. The number of aliphatic hydroxyl groups excluding tert-OH is 1. The van der Waals surface area contributed by atoms with Gasteiger partial charge < -0.3 is 10.8 Å². The normalized spacial score (nSPS) is 21.1. The molecule has 24 heavy (non-hydrogen) atoms. The van der Waals surface area contributed by atoms with Crippen molar-refractivity contribution in [1.29, 1.82) is 0 Å². The van der Waals surface area contributed by atoms with E-state index in [1.165, 1.54) is 6.07 Å². The topological polar surface area (TPSA) is 66.6 Å². The van der Waals surface area contributed by atoms with Gasteiger partial charge in [-0.1, -0.05) is 18.2 Å². The summed E-state index contributed by atoms with van der Waals surface area (Å²) in [6, 6.07) is 10.5. The average Bonchev–Trinajstić information content (AvgIpc) is 2.91. The van der Waals surface area contributed by atoms with Gasteiger partial charge in [-0.15, -0.1) is 0 Å². The van der Waals surface area contributed by atoms with E-state index < -0.39 is 23.6 Å². The van der Waals surface area contributed by atoms with Crippen molar-refractivity contribution in [3.8, 4) is 0 Å². The van der Waals surface area contributed by atoms with Crippen molar-refractivity contribution in [2.45, 2.75) is 25.1 Å². The number of nitrogens with zero attached hydrogens (tertiary/aromatic N) is 1. The molecular weight excluding hydrogens is 314 g/mol. The third kappa shape index (κ3) is 3.44. The van der Waals surface area contributed by atoms with E-state index in [2.05, 4.69) is 0 Å². The van der Waals surface area contributed by atoms with Crippen LogP contribution in [0.25, 0.3) is 0 Å². The first-order valence-corrected chi connectivity index (χ1v) is 7.70. The second kappa shape index (κ2) is 6.67. The van der Waals surface area contributed by atoms with Crippen LogP contribution in [-0.2, 0) is 6.54 Å². The zero-order chi connectivity index (χ0) is 17.3. The Hall–Kier alpha value is -2.31. The van der Waals surface area contributed by atoms with Gasteiger partial charge in [-0.3, -0.25) is 9.69 Å². The van der Waals surface area contributed by atoms with Gasteiger partial charge >= 0.3 is 0 Å². The number of likely N-dealkylation sites (tertiary alicyclic amines) is 1. The second-order valence-electron chi connectivity index (χ2n) is 6.07. The highest BCUT2D eigenvalue weighted by atomic mass is 19.2. The second-order valence-corrected chi connectivity index (χ2v) is 6.07. The molecule has 2 aromatic rings. The molecule has 1 aliphatic heterocycles. The number of hydrogen-bond donors (Lipinski definition) is 2. The van der Waals surface area contributed by atoms with E-state index in [9.17, 15) is 18.7 Å². The lowest BCUT2D eigenvalue weighted by molar-refractivity contribution is 0.1000. The molecule has 3 rings (SSSR count). The lowest BCUT2D eigenvalue weighted by Crippen LogP contribution is -2.24. The first-order chi connectivity index (χ1) is 11.4. The third-order valence-corrected chi connectivity index (χ3v) is 4.33. The summed E-state index contributed by atoms with van der Waals surface area (Å²) in [6.45, 7) is 0.973. The smallest absolute Gasteiger partial charge is 0.248 e. The summed E-state index contributed by atoms with van der Waals surface area (Å²) >= 11 is 0. The Labute approximate surface area is 138 Å². The monoisotopic (exact) mass is 332 g/mol. The molecule has 0 unspecified atom stereocenters. The van der Waals surface area contributed by atoms with E-state index in [1.54, 1.807) is 30.3 Å². The van der Waals surface area contributed by atoms with Crippen molar-refractivity contribution >= 4 is 5.91 Å². The number of primary amides is 1. The summed E-state index contributed by atoms with van der Waals surface area (Å²) in [5.74, 6) is -2.26. The van der Waals surface area contributed by atoms with Crippen LogP contribution < -0.4 is 5.73 Å². The predicted octanol–water partition coefficient (Wildman–Crippen LogP) is 2.37. The zero-order valence-electron chi connectivity index (χ0n) is 13.0. The standard InChI is InChI=1S/C18H18F2N2O2/c19-15-6-5-13(7-16(15)20)17-8-14(23)10-22(17)9-11-1-3-12(4-2-11)18(21)24/h1-7,14,17,23H,8-10H2,(H2,21,24)/t14-,17-/m1/s1. The molecule has 0 bridgehead atoms. The molecule has 2 aromatic carbocycles. The van der Waals surface area contributed by atoms with Crippen LogP contribution in [0.5, 0.6) is 0 Å². The first-order valence-electron chi connectivity index (χ1n) is 7.70. The highest BCUT2D eigenvalue weighted by Crippen LogP contribution is 2.34. The number of β-amino-alcohol motifs (C(OH)–C–C–N with tert-alkyl or cyclic N) is 1. The number of carbonyl (C=O) groups is 1. The Bertz CT molecular complexity index is 749. The van der Waals surface area contributed by atoms with E-state index in [0.717, 1.165) is 11.6 Å². The van der Waals surface area contributed by atoms with Gasteiger partial charge in [-0.2, -0.15) is 0 Å². The molecule has 1 aliphatic rings. The number of nitrogens with two attached hydrogens (primary N) is 1. The van der Waals surface area contributed by atoms with Gasteiger partial charge in [0, 0.05) is 24.7 Å². The van der Waals surface area contributed by atoms with Crippen LogP contribution >= 0.6 is 0 Å². The van der Waals surface area contributed by atoms with E-state index in [0.29, 0.717) is 30.6 Å². The summed E-state index contributed by atoms with van der Waals surface area (Å²) in [6.07, 6.45) is -0.0576. The number of rotatable bonds is 4. The summed E-state index contributed by atoms with van der Waals surface area (Å²) in [4.78, 5) is 13.1. The van der Waals surface area contributed by atoms with Crippen molar-refractivity contribution in [2.75, 3.05) is 6.54 Å². The molecule has 1 amide bonds. The van der Waals surface area contributed by atoms with Gasteiger partial charge in [-0.25, -0.2) is 8.78 Å². The molecule has 0 saturated carbocycles. The molecule has 0 spiro atoms. The Morgan fingerprint density at radius 2 is 1.88 bits per heavy atom. The number of halogens is 2. The van der Waals surface area contributed by atoms with Gasteiger partial charge in [0.1, 0.15) is 0 Å². The minimum absolute atomic E-state index is 0.189. The highest BCUT2D eigenvalue weighted by molar-refractivity contribution is 5.92. The van der Waals surface area contributed by atoms with E-state index >= 15 is 0 Å². The van der Waals surface area contributed by atoms with Crippen LogP contribution in [0.1, 0.15) is 33.9 Å². The van der Waals surface area contributed by atoms with Gasteiger partial charge in [-0.05, 0) is 41.8 Å². The van der Waals surface area contributed by atoms with Crippen molar-refractivity contribution in [2.24, 2.45) is 5.73 Å². The highest BCUT2D eigenvalue weighted by Gasteiger charge is 2.32. The number of benzene rings is 2. The number of aliphatic hydroxyl groups is 1. The van der Waals surface area contributed by atoms with E-state index in [-0.39, 0.29) is 6.04 Å². The lowest BCUT2D eigenvalue weighted by Gasteiger charge is -2.24. The van der Waals surface area contributed by atoms with Gasteiger partial charge in [0.25, 0.3) is 0 Å². The van der Waals surface area contributed by atoms with Crippen molar-refractivity contribution in [3.05, 3.63) is 70.8 Å². The molecule has 0 aliphatic carbocycles. The molecule has 1 heterocycles. The average molecular weight is 332 g/mol.